The van der Waals surface area contributed by atoms with Gasteiger partial charge < -0.3 is 11.1 Å². The molecule has 3 N–H and O–H groups in total. The molecule has 1 rings (SSSR count). The lowest BCUT2D eigenvalue weighted by molar-refractivity contribution is -0.126. The smallest absolute Gasteiger partial charge is 0.230 e. The molecule has 0 radical (unpaired) electrons. The molecule has 0 aliphatic heterocycles. The number of carbonyl (C=O) groups excluding carboxylic acids is 1. The maximum atomic E-state index is 12.5. The summed E-state index contributed by atoms with van der Waals surface area (Å²) in [5.74, 6) is 0.734. The van der Waals surface area contributed by atoms with Crippen LogP contribution in [0, 0.1) is 5.92 Å². The van der Waals surface area contributed by atoms with Crippen molar-refractivity contribution in [3.05, 3.63) is 29.8 Å². The van der Waals surface area contributed by atoms with Crippen LogP contribution >= 0.6 is 0 Å². The van der Waals surface area contributed by atoms with E-state index in [1.54, 1.807) is 0 Å². The highest BCUT2D eigenvalue weighted by molar-refractivity contribution is 5.87. The van der Waals surface area contributed by atoms with Crippen molar-refractivity contribution < 1.29 is 4.79 Å². The van der Waals surface area contributed by atoms with Crippen molar-refractivity contribution in [2.24, 2.45) is 5.92 Å². The quantitative estimate of drug-likeness (QED) is 0.781. The van der Waals surface area contributed by atoms with Crippen LogP contribution in [0.5, 0.6) is 0 Å². The van der Waals surface area contributed by atoms with Crippen molar-refractivity contribution in [3.8, 4) is 0 Å². The summed E-state index contributed by atoms with van der Waals surface area (Å²) in [4.78, 5) is 12.5. The summed E-state index contributed by atoms with van der Waals surface area (Å²) in [6.45, 7) is 10.4. The fourth-order valence-electron chi connectivity index (χ4n) is 2.09. The van der Waals surface area contributed by atoms with Gasteiger partial charge in [-0.05, 0) is 57.2 Å². The summed E-state index contributed by atoms with van der Waals surface area (Å²) in [7, 11) is 0. The fourth-order valence-corrected chi connectivity index (χ4v) is 2.09. The highest BCUT2D eigenvalue weighted by atomic mass is 16.2. The number of nitrogen functional groups attached to an aromatic ring is 1. The van der Waals surface area contributed by atoms with E-state index in [0.717, 1.165) is 24.1 Å². The molecule has 20 heavy (non-hydrogen) atoms. The normalized spacial score (nSPS) is 13.3. The Hall–Kier alpha value is -1.51. The second-order valence-electron chi connectivity index (χ2n) is 6.59. The van der Waals surface area contributed by atoms with Crippen LogP contribution in [-0.2, 0) is 10.2 Å². The fraction of sp³-hybridized carbons (Fsp3) is 0.588. The number of nitrogens with one attached hydrogen (secondary N) is 1. The summed E-state index contributed by atoms with van der Waals surface area (Å²) in [5.41, 5.74) is 6.86. The van der Waals surface area contributed by atoms with Gasteiger partial charge in [0.25, 0.3) is 0 Å². The summed E-state index contributed by atoms with van der Waals surface area (Å²) in [5, 5.41) is 3.12. The Labute approximate surface area is 122 Å². The van der Waals surface area contributed by atoms with Crippen LogP contribution < -0.4 is 11.1 Å². The van der Waals surface area contributed by atoms with Crippen LogP contribution in [0.15, 0.2) is 24.3 Å². The number of nitrogens with two attached hydrogens (primary N) is 1. The van der Waals surface area contributed by atoms with Gasteiger partial charge in [0.2, 0.25) is 5.91 Å². The summed E-state index contributed by atoms with van der Waals surface area (Å²) >= 11 is 0. The van der Waals surface area contributed by atoms with Gasteiger partial charge in [-0.2, -0.15) is 0 Å². The average molecular weight is 276 g/mol. The van der Waals surface area contributed by atoms with Crippen LogP contribution in [0.4, 0.5) is 5.69 Å². The summed E-state index contributed by atoms with van der Waals surface area (Å²) < 4.78 is 0. The minimum absolute atomic E-state index is 0.0681. The minimum atomic E-state index is -0.542. The lowest BCUT2D eigenvalue weighted by Gasteiger charge is -2.27. The van der Waals surface area contributed by atoms with Gasteiger partial charge in [0.15, 0.2) is 0 Å². The molecule has 0 aliphatic rings. The van der Waals surface area contributed by atoms with Gasteiger partial charge in [-0.1, -0.05) is 26.0 Å². The summed E-state index contributed by atoms with van der Waals surface area (Å²) in [6, 6.07) is 7.73. The van der Waals surface area contributed by atoms with E-state index in [-0.39, 0.29) is 11.9 Å². The molecular formula is C17H28N2O. The Bertz CT molecular complexity index is 435. The Morgan fingerprint density at radius 3 is 2.20 bits per heavy atom. The third-order valence-corrected chi connectivity index (χ3v) is 3.75. The average Bonchev–Trinajstić information content (AvgIpc) is 2.36. The maximum Gasteiger partial charge on any atom is 0.230 e. The summed E-state index contributed by atoms with van der Waals surface area (Å²) in [6.07, 6.45) is 2.14. The largest absolute Gasteiger partial charge is 0.399 e. The number of hydrogen-bond acceptors (Lipinski definition) is 2. The number of rotatable bonds is 6. The Balaban J connectivity index is 2.67. The van der Waals surface area contributed by atoms with Gasteiger partial charge in [-0.25, -0.2) is 0 Å². The van der Waals surface area contributed by atoms with Crippen molar-refractivity contribution in [2.45, 2.75) is 58.9 Å². The molecule has 1 aromatic carbocycles. The first-order valence-corrected chi connectivity index (χ1v) is 7.40. The Kier molecular flexibility index (Phi) is 5.61. The van der Waals surface area contributed by atoms with Crippen molar-refractivity contribution in [1.82, 2.24) is 5.32 Å². The van der Waals surface area contributed by atoms with E-state index >= 15 is 0 Å². The van der Waals surface area contributed by atoms with E-state index in [1.807, 2.05) is 38.1 Å². The second kappa shape index (κ2) is 6.78. The Morgan fingerprint density at radius 2 is 1.70 bits per heavy atom. The van der Waals surface area contributed by atoms with Crippen LogP contribution in [0.1, 0.15) is 53.0 Å². The van der Waals surface area contributed by atoms with Crippen molar-refractivity contribution in [3.63, 3.8) is 0 Å². The standard InChI is InChI=1S/C17H28N2O/c1-12(2)6-7-13(3)19-16(20)17(4,5)14-8-10-15(18)11-9-14/h8-13H,6-7,18H2,1-5H3,(H,19,20). The molecule has 1 aromatic rings. The molecule has 0 heterocycles. The molecule has 1 amide bonds. The van der Waals surface area contributed by atoms with Crippen LogP contribution in [-0.4, -0.2) is 11.9 Å². The molecule has 0 bridgehead atoms. The lowest BCUT2D eigenvalue weighted by Crippen LogP contribution is -2.44. The first kappa shape index (κ1) is 16.5. The number of hydrogen-bond donors (Lipinski definition) is 2. The predicted molar refractivity (Wildman–Crippen MR) is 85.6 cm³/mol. The van der Waals surface area contributed by atoms with E-state index in [1.165, 1.54) is 0 Å². The van der Waals surface area contributed by atoms with Gasteiger partial charge in [0, 0.05) is 11.7 Å². The number of amides is 1. The third-order valence-electron chi connectivity index (χ3n) is 3.75. The zero-order chi connectivity index (χ0) is 15.3. The third kappa shape index (κ3) is 4.55. The van der Waals surface area contributed by atoms with Gasteiger partial charge in [-0.3, -0.25) is 4.79 Å². The first-order valence-electron chi connectivity index (χ1n) is 7.40. The monoisotopic (exact) mass is 276 g/mol. The number of carbonyl (C=O) groups is 1. The molecule has 0 fully saturated rings. The maximum absolute atomic E-state index is 12.5. The zero-order valence-electron chi connectivity index (χ0n) is 13.4. The molecule has 1 unspecified atom stereocenters. The van der Waals surface area contributed by atoms with Crippen LogP contribution in [0.3, 0.4) is 0 Å². The molecule has 0 aliphatic carbocycles. The van der Waals surface area contributed by atoms with E-state index in [9.17, 15) is 4.79 Å². The molecule has 0 spiro atoms. The number of anilines is 1. The van der Waals surface area contributed by atoms with Crippen LogP contribution in [0.25, 0.3) is 0 Å². The van der Waals surface area contributed by atoms with Crippen molar-refractivity contribution >= 4 is 11.6 Å². The SMILES string of the molecule is CC(C)CCC(C)NC(=O)C(C)(C)c1ccc(N)cc1. The molecule has 112 valence electrons. The molecule has 0 saturated carbocycles. The topological polar surface area (TPSA) is 55.1 Å². The molecule has 0 aromatic heterocycles. The minimum Gasteiger partial charge on any atom is -0.399 e. The highest BCUT2D eigenvalue weighted by Gasteiger charge is 2.30. The van der Waals surface area contributed by atoms with Gasteiger partial charge in [-0.15, -0.1) is 0 Å². The van der Waals surface area contributed by atoms with E-state index in [0.29, 0.717) is 5.92 Å². The lowest BCUT2D eigenvalue weighted by atomic mass is 9.83. The first-order chi connectivity index (χ1) is 9.23. The molecule has 3 nitrogen and oxygen atoms in total. The van der Waals surface area contributed by atoms with Gasteiger partial charge in [0.05, 0.1) is 5.41 Å². The zero-order valence-corrected chi connectivity index (χ0v) is 13.4. The molecular weight excluding hydrogens is 248 g/mol. The van der Waals surface area contributed by atoms with E-state index in [2.05, 4.69) is 26.1 Å². The second-order valence-corrected chi connectivity index (χ2v) is 6.59. The molecule has 1 atom stereocenters. The molecule has 0 saturated heterocycles. The highest BCUT2D eigenvalue weighted by Crippen LogP contribution is 2.24. The molecule has 3 heteroatoms. The Morgan fingerprint density at radius 1 is 1.15 bits per heavy atom. The van der Waals surface area contributed by atoms with E-state index < -0.39 is 5.41 Å². The predicted octanol–water partition coefficient (Wildman–Crippen LogP) is 3.49. The van der Waals surface area contributed by atoms with E-state index in [4.69, 9.17) is 5.73 Å². The van der Waals surface area contributed by atoms with Crippen LogP contribution in [0.2, 0.25) is 0 Å². The van der Waals surface area contributed by atoms with Crippen molar-refractivity contribution in [2.75, 3.05) is 5.73 Å². The van der Waals surface area contributed by atoms with Crippen molar-refractivity contribution in [1.29, 1.82) is 0 Å². The number of benzene rings is 1. The van der Waals surface area contributed by atoms with Gasteiger partial charge in [0.1, 0.15) is 0 Å². The van der Waals surface area contributed by atoms with Gasteiger partial charge >= 0.3 is 0 Å².